The Balaban J connectivity index is 2.49. The van der Waals surface area contributed by atoms with Gasteiger partial charge in [0.25, 0.3) is 0 Å². The molecule has 0 aliphatic carbocycles. The van der Waals surface area contributed by atoms with Gasteiger partial charge in [0.15, 0.2) is 0 Å². The maximum Gasteiger partial charge on any atom is 0.381 e. The molecule has 0 bridgehead atoms. The van der Waals surface area contributed by atoms with E-state index in [0.717, 1.165) is 0 Å². The number of pyridine rings is 1. The number of esters is 1. The van der Waals surface area contributed by atoms with Crippen LogP contribution in [0.4, 0.5) is 4.39 Å². The van der Waals surface area contributed by atoms with Crippen LogP contribution in [0.2, 0.25) is 0 Å². The molecule has 0 aliphatic heterocycles. The molecular weight excluding hydrogens is 189 g/mol. The fraction of sp³-hybridized carbons (Fsp3) is 0.333. The lowest BCUT2D eigenvalue weighted by Gasteiger charge is -2.09. The van der Waals surface area contributed by atoms with Gasteiger partial charge in [0.1, 0.15) is 5.75 Å². The van der Waals surface area contributed by atoms with Crippen LogP contribution in [0.1, 0.15) is 6.92 Å². The van der Waals surface area contributed by atoms with Crippen LogP contribution in [0.15, 0.2) is 24.5 Å². The minimum Gasteiger partial charge on any atom is -0.461 e. The molecule has 0 aromatic carbocycles. The third kappa shape index (κ3) is 3.01. The second-order valence-electron chi connectivity index (χ2n) is 2.37. The molecule has 1 aromatic rings. The number of hydrogen-bond donors (Lipinski definition) is 0. The zero-order valence-corrected chi connectivity index (χ0v) is 7.64. The van der Waals surface area contributed by atoms with E-state index in [0.29, 0.717) is 0 Å². The molecule has 0 saturated carbocycles. The number of carbonyl (C=O) groups excluding carboxylic acids is 1. The first-order valence-electron chi connectivity index (χ1n) is 4.11. The minimum absolute atomic E-state index is 0.121. The molecule has 0 amide bonds. The Bertz CT molecular complexity index is 291. The van der Waals surface area contributed by atoms with E-state index in [1.807, 2.05) is 0 Å². The third-order valence-corrected chi connectivity index (χ3v) is 1.35. The highest BCUT2D eigenvalue weighted by atomic mass is 19.1. The topological polar surface area (TPSA) is 48.4 Å². The van der Waals surface area contributed by atoms with Crippen LogP contribution in [-0.2, 0) is 9.53 Å². The zero-order chi connectivity index (χ0) is 10.4. The van der Waals surface area contributed by atoms with Crippen molar-refractivity contribution < 1.29 is 18.7 Å². The molecule has 4 nitrogen and oxygen atoms in total. The van der Waals surface area contributed by atoms with Crippen LogP contribution >= 0.6 is 0 Å². The molecule has 0 N–H and O–H groups in total. The van der Waals surface area contributed by atoms with Crippen molar-refractivity contribution in [3.05, 3.63) is 24.5 Å². The molecule has 1 rings (SSSR count). The van der Waals surface area contributed by atoms with Gasteiger partial charge in [-0.2, -0.15) is 4.39 Å². The lowest BCUT2D eigenvalue weighted by atomic mass is 10.5. The lowest BCUT2D eigenvalue weighted by molar-refractivity contribution is -0.159. The Labute approximate surface area is 80.7 Å². The number of ether oxygens (including phenoxy) is 2. The molecule has 1 aromatic heterocycles. The Morgan fingerprint density at radius 3 is 3.07 bits per heavy atom. The smallest absolute Gasteiger partial charge is 0.381 e. The van der Waals surface area contributed by atoms with E-state index in [1.165, 1.54) is 18.5 Å². The molecular formula is C9H10FNO3. The Hall–Kier alpha value is -1.65. The van der Waals surface area contributed by atoms with Gasteiger partial charge in [-0.15, -0.1) is 0 Å². The minimum atomic E-state index is -2.10. The molecule has 0 saturated heterocycles. The molecule has 76 valence electrons. The average Bonchev–Trinajstić information content (AvgIpc) is 2.19. The van der Waals surface area contributed by atoms with Crippen LogP contribution in [0, 0.1) is 0 Å². The quantitative estimate of drug-likeness (QED) is 0.686. The summed E-state index contributed by atoms with van der Waals surface area (Å²) < 4.78 is 22.0. The van der Waals surface area contributed by atoms with Crippen molar-refractivity contribution in [1.82, 2.24) is 4.98 Å². The summed E-state index contributed by atoms with van der Waals surface area (Å²) in [5, 5.41) is 0. The highest BCUT2D eigenvalue weighted by Gasteiger charge is 2.19. The predicted octanol–water partition coefficient (Wildman–Crippen LogP) is 1.32. The lowest BCUT2D eigenvalue weighted by Crippen LogP contribution is -2.24. The maximum atomic E-state index is 12.9. The van der Waals surface area contributed by atoms with E-state index in [9.17, 15) is 9.18 Å². The summed E-state index contributed by atoms with van der Waals surface area (Å²) in [4.78, 5) is 14.5. The second-order valence-corrected chi connectivity index (χ2v) is 2.37. The van der Waals surface area contributed by atoms with Gasteiger partial charge in [0.2, 0.25) is 0 Å². The first-order chi connectivity index (χ1) is 6.74. The molecule has 0 radical (unpaired) electrons. The number of aromatic nitrogens is 1. The average molecular weight is 199 g/mol. The summed E-state index contributed by atoms with van der Waals surface area (Å²) in [7, 11) is 0. The number of rotatable bonds is 4. The Morgan fingerprint density at radius 1 is 1.71 bits per heavy atom. The van der Waals surface area contributed by atoms with E-state index in [2.05, 4.69) is 14.5 Å². The fourth-order valence-corrected chi connectivity index (χ4v) is 0.792. The fourth-order valence-electron chi connectivity index (χ4n) is 0.792. The van der Waals surface area contributed by atoms with Gasteiger partial charge in [-0.3, -0.25) is 4.98 Å². The summed E-state index contributed by atoms with van der Waals surface area (Å²) in [6.07, 6.45) is 0.732. The van der Waals surface area contributed by atoms with Crippen LogP contribution < -0.4 is 4.74 Å². The van der Waals surface area contributed by atoms with Crippen molar-refractivity contribution in [2.45, 2.75) is 13.3 Å². The van der Waals surface area contributed by atoms with Gasteiger partial charge >= 0.3 is 12.3 Å². The van der Waals surface area contributed by atoms with E-state index in [-0.39, 0.29) is 12.4 Å². The van der Waals surface area contributed by atoms with E-state index >= 15 is 0 Å². The van der Waals surface area contributed by atoms with Crippen molar-refractivity contribution in [3.63, 3.8) is 0 Å². The zero-order valence-electron chi connectivity index (χ0n) is 7.64. The van der Waals surface area contributed by atoms with Crippen LogP contribution in [0.3, 0.4) is 0 Å². The van der Waals surface area contributed by atoms with Crippen LogP contribution in [-0.4, -0.2) is 23.9 Å². The van der Waals surface area contributed by atoms with Gasteiger partial charge in [0.05, 0.1) is 12.8 Å². The van der Waals surface area contributed by atoms with Gasteiger partial charge in [-0.25, -0.2) is 4.79 Å². The SMILES string of the molecule is CCOC(=O)C(F)Oc1cccnc1. The molecule has 1 heterocycles. The molecule has 5 heteroatoms. The highest BCUT2D eigenvalue weighted by molar-refractivity contribution is 5.73. The second kappa shape index (κ2) is 5.16. The normalized spacial score (nSPS) is 11.9. The molecule has 1 unspecified atom stereocenters. The van der Waals surface area contributed by atoms with Crippen molar-refractivity contribution >= 4 is 5.97 Å². The molecule has 14 heavy (non-hydrogen) atoms. The van der Waals surface area contributed by atoms with Crippen molar-refractivity contribution in [1.29, 1.82) is 0 Å². The summed E-state index contributed by atoms with van der Waals surface area (Å²) in [5.41, 5.74) is 0. The first-order valence-corrected chi connectivity index (χ1v) is 4.11. The Morgan fingerprint density at radius 2 is 2.50 bits per heavy atom. The standard InChI is InChI=1S/C9H10FNO3/c1-2-13-9(12)8(10)14-7-4-3-5-11-6-7/h3-6,8H,2H2,1H3. The number of alkyl halides is 1. The number of hydrogen-bond acceptors (Lipinski definition) is 4. The van der Waals surface area contributed by atoms with E-state index in [4.69, 9.17) is 0 Å². The monoisotopic (exact) mass is 199 g/mol. The predicted molar refractivity (Wildman–Crippen MR) is 46.4 cm³/mol. The summed E-state index contributed by atoms with van der Waals surface area (Å²) in [5.74, 6) is -0.843. The third-order valence-electron chi connectivity index (χ3n) is 1.35. The van der Waals surface area contributed by atoms with E-state index < -0.39 is 12.3 Å². The van der Waals surface area contributed by atoms with E-state index in [1.54, 1.807) is 13.0 Å². The number of nitrogens with zero attached hydrogens (tertiary/aromatic N) is 1. The summed E-state index contributed by atoms with van der Waals surface area (Å²) >= 11 is 0. The summed E-state index contributed by atoms with van der Waals surface area (Å²) in [6, 6.07) is 3.08. The molecule has 1 atom stereocenters. The Kier molecular flexibility index (Phi) is 3.84. The largest absolute Gasteiger partial charge is 0.461 e. The molecule has 0 aliphatic rings. The molecule has 0 fully saturated rings. The van der Waals surface area contributed by atoms with Crippen LogP contribution in [0.5, 0.6) is 5.75 Å². The maximum absolute atomic E-state index is 12.9. The number of carbonyl (C=O) groups is 1. The number of halogens is 1. The van der Waals surface area contributed by atoms with Gasteiger partial charge in [-0.1, -0.05) is 0 Å². The van der Waals surface area contributed by atoms with Crippen LogP contribution in [0.25, 0.3) is 0 Å². The van der Waals surface area contributed by atoms with Crippen molar-refractivity contribution in [3.8, 4) is 5.75 Å². The molecule has 0 spiro atoms. The van der Waals surface area contributed by atoms with Gasteiger partial charge in [0, 0.05) is 6.20 Å². The summed E-state index contributed by atoms with van der Waals surface area (Å²) in [6.45, 7) is 1.71. The van der Waals surface area contributed by atoms with Gasteiger partial charge < -0.3 is 9.47 Å². The van der Waals surface area contributed by atoms with Crippen molar-refractivity contribution in [2.24, 2.45) is 0 Å². The van der Waals surface area contributed by atoms with Crippen molar-refractivity contribution in [2.75, 3.05) is 6.61 Å². The van der Waals surface area contributed by atoms with Gasteiger partial charge in [-0.05, 0) is 19.1 Å². The highest BCUT2D eigenvalue weighted by Crippen LogP contribution is 2.10. The first kappa shape index (κ1) is 10.4.